The van der Waals surface area contributed by atoms with Crippen molar-refractivity contribution in [1.82, 2.24) is 9.80 Å². The third kappa shape index (κ3) is 3.49. The third-order valence-corrected chi connectivity index (χ3v) is 4.73. The van der Waals surface area contributed by atoms with Crippen molar-refractivity contribution in [3.63, 3.8) is 0 Å². The van der Waals surface area contributed by atoms with Gasteiger partial charge in [0.05, 0.1) is 12.0 Å². The van der Waals surface area contributed by atoms with Crippen molar-refractivity contribution >= 4 is 11.9 Å². The Bertz CT molecular complexity index is 370. The molecule has 0 atom stereocenters. The zero-order valence-electron chi connectivity index (χ0n) is 12.2. The average molecular weight is 283 g/mol. The molecule has 0 aliphatic carbocycles. The van der Waals surface area contributed by atoms with Crippen LogP contribution >= 0.6 is 0 Å². The largest absolute Gasteiger partial charge is 0.481 e. The van der Waals surface area contributed by atoms with Gasteiger partial charge in [-0.25, -0.2) is 0 Å². The zero-order chi connectivity index (χ0) is 14.8. The molecule has 20 heavy (non-hydrogen) atoms. The third-order valence-electron chi connectivity index (χ3n) is 4.73. The summed E-state index contributed by atoms with van der Waals surface area (Å²) in [4.78, 5) is 27.4. The van der Waals surface area contributed by atoms with Crippen LogP contribution in [0.15, 0.2) is 0 Å². The molecule has 114 valence electrons. The number of carboxylic acids is 1. The Kier molecular flexibility index (Phi) is 4.65. The Balaban J connectivity index is 1.79. The summed E-state index contributed by atoms with van der Waals surface area (Å²) in [5.41, 5.74) is 5.18. The van der Waals surface area contributed by atoms with Gasteiger partial charge in [0.15, 0.2) is 0 Å². The molecule has 2 saturated heterocycles. The maximum absolute atomic E-state index is 12.2. The van der Waals surface area contributed by atoms with E-state index in [1.807, 2.05) is 0 Å². The van der Waals surface area contributed by atoms with Crippen molar-refractivity contribution in [3.8, 4) is 0 Å². The molecule has 2 heterocycles. The fraction of sp³-hybridized carbons (Fsp3) is 0.857. The standard InChI is InChI=1S/C14H25N3O3/c1-14(13(19)20)4-8-17(9-5-14)12(18)10-16-6-2-11(15)3-7-16/h11H,2-10,15H2,1H3,(H,19,20). The van der Waals surface area contributed by atoms with Crippen LogP contribution in [0.5, 0.6) is 0 Å². The lowest BCUT2D eigenvalue weighted by Crippen LogP contribution is -2.50. The highest BCUT2D eigenvalue weighted by atomic mass is 16.4. The topological polar surface area (TPSA) is 86.9 Å². The van der Waals surface area contributed by atoms with Gasteiger partial charge in [-0.2, -0.15) is 0 Å². The highest BCUT2D eigenvalue weighted by Crippen LogP contribution is 2.31. The molecule has 0 spiro atoms. The Labute approximate surface area is 119 Å². The van der Waals surface area contributed by atoms with E-state index >= 15 is 0 Å². The predicted octanol–water partition coefficient (Wildman–Crippen LogP) is 0.123. The minimum absolute atomic E-state index is 0.118. The van der Waals surface area contributed by atoms with Gasteiger partial charge in [0, 0.05) is 32.2 Å². The number of aliphatic carboxylic acids is 1. The molecule has 2 fully saturated rings. The molecule has 0 aromatic carbocycles. The molecular formula is C14H25N3O3. The number of nitrogens with two attached hydrogens (primary N) is 1. The minimum atomic E-state index is -0.755. The van der Waals surface area contributed by atoms with E-state index in [9.17, 15) is 14.7 Å². The highest BCUT2D eigenvalue weighted by Gasteiger charge is 2.38. The Morgan fingerprint density at radius 2 is 1.75 bits per heavy atom. The number of likely N-dealkylation sites (tertiary alicyclic amines) is 2. The summed E-state index contributed by atoms with van der Waals surface area (Å²) in [6, 6.07) is 0.271. The second-order valence-electron chi connectivity index (χ2n) is 6.36. The minimum Gasteiger partial charge on any atom is -0.481 e. The fourth-order valence-electron chi connectivity index (χ4n) is 2.87. The first kappa shape index (κ1) is 15.3. The van der Waals surface area contributed by atoms with Gasteiger partial charge in [0.1, 0.15) is 0 Å². The van der Waals surface area contributed by atoms with Crippen molar-refractivity contribution in [1.29, 1.82) is 0 Å². The smallest absolute Gasteiger partial charge is 0.309 e. The quantitative estimate of drug-likeness (QED) is 0.768. The van der Waals surface area contributed by atoms with Crippen molar-refractivity contribution in [2.24, 2.45) is 11.1 Å². The number of piperidine rings is 2. The molecule has 2 aliphatic rings. The van der Waals surface area contributed by atoms with Crippen LogP contribution in [-0.4, -0.2) is 65.5 Å². The number of carbonyl (C=O) groups is 2. The highest BCUT2D eigenvalue weighted by molar-refractivity contribution is 5.79. The molecular weight excluding hydrogens is 258 g/mol. The molecule has 1 amide bonds. The van der Waals surface area contributed by atoms with E-state index in [2.05, 4.69) is 4.90 Å². The predicted molar refractivity (Wildman–Crippen MR) is 75.2 cm³/mol. The van der Waals surface area contributed by atoms with E-state index in [0.29, 0.717) is 32.5 Å². The molecule has 6 heteroatoms. The number of hydrogen-bond acceptors (Lipinski definition) is 4. The van der Waals surface area contributed by atoms with E-state index < -0.39 is 11.4 Å². The van der Waals surface area contributed by atoms with E-state index in [1.165, 1.54) is 0 Å². The molecule has 0 unspecified atom stereocenters. The van der Waals surface area contributed by atoms with Gasteiger partial charge in [-0.3, -0.25) is 14.5 Å². The molecule has 3 N–H and O–H groups in total. The second kappa shape index (κ2) is 6.10. The van der Waals surface area contributed by atoms with Gasteiger partial charge in [0.2, 0.25) is 5.91 Å². The average Bonchev–Trinajstić information content (AvgIpc) is 2.42. The lowest BCUT2D eigenvalue weighted by Gasteiger charge is -2.38. The van der Waals surface area contributed by atoms with Crippen molar-refractivity contribution < 1.29 is 14.7 Å². The van der Waals surface area contributed by atoms with Crippen LogP contribution in [-0.2, 0) is 9.59 Å². The van der Waals surface area contributed by atoms with Crippen LogP contribution in [0.4, 0.5) is 0 Å². The maximum Gasteiger partial charge on any atom is 0.309 e. The number of carbonyl (C=O) groups excluding carboxylic acids is 1. The maximum atomic E-state index is 12.2. The van der Waals surface area contributed by atoms with Crippen LogP contribution < -0.4 is 5.73 Å². The van der Waals surface area contributed by atoms with Crippen molar-refractivity contribution in [2.75, 3.05) is 32.7 Å². The molecule has 0 aromatic heterocycles. The molecule has 0 bridgehead atoms. The van der Waals surface area contributed by atoms with E-state index in [1.54, 1.807) is 11.8 Å². The molecule has 0 aromatic rings. The summed E-state index contributed by atoms with van der Waals surface area (Å²) < 4.78 is 0. The van der Waals surface area contributed by atoms with E-state index in [4.69, 9.17) is 5.73 Å². The van der Waals surface area contributed by atoms with Crippen LogP contribution in [0.25, 0.3) is 0 Å². The zero-order valence-corrected chi connectivity index (χ0v) is 12.2. The summed E-state index contributed by atoms with van der Waals surface area (Å²) in [7, 11) is 0. The number of rotatable bonds is 3. The molecule has 0 radical (unpaired) electrons. The van der Waals surface area contributed by atoms with Crippen LogP contribution in [0, 0.1) is 5.41 Å². The summed E-state index contributed by atoms with van der Waals surface area (Å²) in [5.74, 6) is -0.637. The van der Waals surface area contributed by atoms with Crippen LogP contribution in [0.1, 0.15) is 32.6 Å². The van der Waals surface area contributed by atoms with Crippen LogP contribution in [0.3, 0.4) is 0 Å². The van der Waals surface area contributed by atoms with Crippen molar-refractivity contribution in [3.05, 3.63) is 0 Å². The Morgan fingerprint density at radius 1 is 1.20 bits per heavy atom. The Morgan fingerprint density at radius 3 is 2.25 bits per heavy atom. The lowest BCUT2D eigenvalue weighted by molar-refractivity contribution is -0.153. The number of nitrogens with zero attached hydrogens (tertiary/aromatic N) is 2. The van der Waals surface area contributed by atoms with Gasteiger partial charge in [0.25, 0.3) is 0 Å². The summed E-state index contributed by atoms with van der Waals surface area (Å²) in [5, 5.41) is 9.18. The first-order valence-corrected chi connectivity index (χ1v) is 7.40. The normalized spacial score (nSPS) is 24.6. The van der Waals surface area contributed by atoms with E-state index in [-0.39, 0.29) is 11.9 Å². The first-order chi connectivity index (χ1) is 9.40. The van der Waals surface area contributed by atoms with Gasteiger partial charge in [-0.15, -0.1) is 0 Å². The first-order valence-electron chi connectivity index (χ1n) is 7.40. The lowest BCUT2D eigenvalue weighted by atomic mass is 9.80. The molecule has 2 aliphatic heterocycles. The fourth-order valence-corrected chi connectivity index (χ4v) is 2.87. The molecule has 6 nitrogen and oxygen atoms in total. The molecule has 2 rings (SSSR count). The summed E-state index contributed by atoms with van der Waals surface area (Å²) in [6.07, 6.45) is 2.98. The number of carboxylic acid groups (broad SMARTS) is 1. The second-order valence-corrected chi connectivity index (χ2v) is 6.36. The summed E-state index contributed by atoms with van der Waals surface area (Å²) >= 11 is 0. The number of hydrogen-bond donors (Lipinski definition) is 2. The van der Waals surface area contributed by atoms with Crippen LogP contribution in [0.2, 0.25) is 0 Å². The monoisotopic (exact) mass is 283 g/mol. The van der Waals surface area contributed by atoms with E-state index in [0.717, 1.165) is 25.9 Å². The molecule has 0 saturated carbocycles. The van der Waals surface area contributed by atoms with Gasteiger partial charge < -0.3 is 15.7 Å². The van der Waals surface area contributed by atoms with Gasteiger partial charge in [-0.1, -0.05) is 0 Å². The Hall–Kier alpha value is -1.14. The van der Waals surface area contributed by atoms with Gasteiger partial charge in [-0.05, 0) is 32.6 Å². The van der Waals surface area contributed by atoms with Crippen molar-refractivity contribution in [2.45, 2.75) is 38.6 Å². The summed E-state index contributed by atoms with van der Waals surface area (Å²) in [6.45, 7) is 5.07. The SMILES string of the molecule is CC1(C(=O)O)CCN(C(=O)CN2CCC(N)CC2)CC1. The number of amides is 1. The van der Waals surface area contributed by atoms with Gasteiger partial charge >= 0.3 is 5.97 Å².